The van der Waals surface area contributed by atoms with Crippen molar-refractivity contribution in [3.05, 3.63) is 106 Å². The van der Waals surface area contributed by atoms with Crippen LogP contribution in [-0.4, -0.2) is 10.8 Å². The molecule has 5 rings (SSSR count). The van der Waals surface area contributed by atoms with Gasteiger partial charge in [-0.2, -0.15) is 0 Å². The van der Waals surface area contributed by atoms with Crippen molar-refractivity contribution in [3.8, 4) is 0 Å². The van der Waals surface area contributed by atoms with Crippen molar-refractivity contribution in [3.63, 3.8) is 0 Å². The van der Waals surface area contributed by atoms with Crippen molar-refractivity contribution in [2.24, 2.45) is 0 Å². The monoisotopic (exact) mass is 468 g/mol. The lowest BCUT2D eigenvalue weighted by atomic mass is 9.90. The van der Waals surface area contributed by atoms with Crippen LogP contribution in [0.5, 0.6) is 0 Å². The molecular formula is C27H21BrN2O. The first-order valence-electron chi connectivity index (χ1n) is 10.3. The molecule has 0 bridgehead atoms. The summed E-state index contributed by atoms with van der Waals surface area (Å²) in [6.07, 6.45) is 2.56. The second-order valence-corrected chi connectivity index (χ2v) is 8.74. The maximum atomic E-state index is 12.4. The number of Topliss-reactive ketones (excluding diaryl/α,β-unsaturated/α-hetero) is 1. The average Bonchev–Trinajstić information content (AvgIpc) is 2.79. The fourth-order valence-corrected chi connectivity index (χ4v) is 4.53. The Morgan fingerprint density at radius 1 is 0.968 bits per heavy atom. The lowest BCUT2D eigenvalue weighted by molar-refractivity contribution is -0.117. The highest BCUT2D eigenvalue weighted by Crippen LogP contribution is 2.44. The predicted molar refractivity (Wildman–Crippen MR) is 131 cm³/mol. The molecule has 31 heavy (non-hydrogen) atoms. The molecular weight excluding hydrogens is 448 g/mol. The zero-order valence-corrected chi connectivity index (χ0v) is 18.7. The number of halogens is 1. The number of carbonyl (C=O) groups is 1. The summed E-state index contributed by atoms with van der Waals surface area (Å²) in [5.41, 5.74) is 6.16. The van der Waals surface area contributed by atoms with Gasteiger partial charge < -0.3 is 4.90 Å². The smallest absolute Gasteiger partial charge is 0.132 e. The largest absolute Gasteiger partial charge is 0.333 e. The molecule has 0 N–H and O–H groups in total. The average molecular weight is 469 g/mol. The van der Waals surface area contributed by atoms with Crippen molar-refractivity contribution in [2.75, 3.05) is 4.90 Å². The summed E-state index contributed by atoms with van der Waals surface area (Å²) in [5.74, 6) is 0.153. The maximum absolute atomic E-state index is 12.4. The Morgan fingerprint density at radius 2 is 1.68 bits per heavy atom. The van der Waals surface area contributed by atoms with E-state index in [-0.39, 0.29) is 11.8 Å². The molecule has 0 spiro atoms. The van der Waals surface area contributed by atoms with Gasteiger partial charge in [0.05, 0.1) is 22.9 Å². The summed E-state index contributed by atoms with van der Waals surface area (Å²) in [6.45, 7) is 1.66. The number of rotatable bonds is 4. The van der Waals surface area contributed by atoms with Crippen LogP contribution in [0.1, 0.15) is 36.2 Å². The number of benzene rings is 3. The Kier molecular flexibility index (Phi) is 5.16. The van der Waals surface area contributed by atoms with Gasteiger partial charge in [0.2, 0.25) is 0 Å². The molecule has 1 aliphatic rings. The molecule has 1 atom stereocenters. The quantitative estimate of drug-likeness (QED) is 0.322. The zero-order chi connectivity index (χ0) is 21.4. The van der Waals surface area contributed by atoms with Crippen LogP contribution in [0.4, 0.5) is 5.69 Å². The number of hydrogen-bond acceptors (Lipinski definition) is 3. The summed E-state index contributed by atoms with van der Waals surface area (Å²) in [7, 11) is 0. The first-order chi connectivity index (χ1) is 15.1. The summed E-state index contributed by atoms with van der Waals surface area (Å²) >= 11 is 3.54. The van der Waals surface area contributed by atoms with Gasteiger partial charge in [0.25, 0.3) is 0 Å². The Morgan fingerprint density at radius 3 is 2.42 bits per heavy atom. The summed E-state index contributed by atoms with van der Waals surface area (Å²) in [5, 5.41) is 1.09. The van der Waals surface area contributed by atoms with Crippen molar-refractivity contribution < 1.29 is 4.79 Å². The fraction of sp³-hybridized carbons (Fsp3) is 0.111. The number of ketones is 1. The van der Waals surface area contributed by atoms with Crippen molar-refractivity contribution in [1.82, 2.24) is 4.98 Å². The molecule has 0 aliphatic carbocycles. The van der Waals surface area contributed by atoms with E-state index in [1.54, 1.807) is 6.92 Å². The van der Waals surface area contributed by atoms with Gasteiger partial charge in [0.15, 0.2) is 0 Å². The fourth-order valence-electron chi connectivity index (χ4n) is 4.26. The summed E-state index contributed by atoms with van der Waals surface area (Å²) in [4.78, 5) is 19.6. The van der Waals surface area contributed by atoms with Crippen molar-refractivity contribution in [2.45, 2.75) is 19.4 Å². The normalized spacial score (nSPS) is 15.5. The minimum absolute atomic E-state index is 0.133. The molecule has 0 amide bonds. The van der Waals surface area contributed by atoms with Gasteiger partial charge in [0.1, 0.15) is 5.78 Å². The molecule has 1 aliphatic heterocycles. The predicted octanol–water partition coefficient (Wildman–Crippen LogP) is 7.04. The van der Waals surface area contributed by atoms with Gasteiger partial charge in [-0.15, -0.1) is 0 Å². The highest BCUT2D eigenvalue weighted by Gasteiger charge is 2.32. The molecule has 0 fully saturated rings. The van der Waals surface area contributed by atoms with Crippen LogP contribution < -0.4 is 4.90 Å². The minimum Gasteiger partial charge on any atom is -0.333 e. The molecule has 4 aromatic rings. The molecule has 3 nitrogen and oxygen atoms in total. The highest BCUT2D eigenvalue weighted by atomic mass is 79.9. The van der Waals surface area contributed by atoms with E-state index < -0.39 is 0 Å². The van der Waals surface area contributed by atoms with E-state index in [0.29, 0.717) is 6.42 Å². The second kappa shape index (κ2) is 8.12. The first kappa shape index (κ1) is 19.7. The molecule has 0 saturated carbocycles. The number of nitrogens with zero attached hydrogens (tertiary/aromatic N) is 2. The van der Waals surface area contributed by atoms with Crippen LogP contribution in [-0.2, 0) is 4.79 Å². The number of anilines is 1. The lowest BCUT2D eigenvalue weighted by Crippen LogP contribution is -2.32. The zero-order valence-electron chi connectivity index (χ0n) is 17.1. The van der Waals surface area contributed by atoms with Crippen LogP contribution >= 0.6 is 15.9 Å². The Bertz CT molecular complexity index is 1300. The van der Waals surface area contributed by atoms with Crippen LogP contribution in [0.25, 0.3) is 22.7 Å². The van der Waals surface area contributed by atoms with E-state index in [4.69, 9.17) is 4.98 Å². The number of hydrogen-bond donors (Lipinski definition) is 0. The van der Waals surface area contributed by atoms with Gasteiger partial charge in [-0.05, 0) is 55.0 Å². The molecule has 0 radical (unpaired) electrons. The molecule has 4 heteroatoms. The minimum atomic E-state index is -0.133. The number of pyridine rings is 1. The van der Waals surface area contributed by atoms with Gasteiger partial charge in [-0.25, -0.2) is 4.98 Å². The molecule has 3 aromatic carbocycles. The summed E-state index contributed by atoms with van der Waals surface area (Å²) < 4.78 is 1.02. The molecule has 0 saturated heterocycles. The van der Waals surface area contributed by atoms with E-state index in [0.717, 1.165) is 43.6 Å². The van der Waals surface area contributed by atoms with Gasteiger partial charge in [-0.1, -0.05) is 64.5 Å². The van der Waals surface area contributed by atoms with Crippen LogP contribution in [0, 0.1) is 0 Å². The third-order valence-corrected chi connectivity index (χ3v) is 6.17. The van der Waals surface area contributed by atoms with Crippen LogP contribution in [0.3, 0.4) is 0 Å². The van der Waals surface area contributed by atoms with E-state index in [9.17, 15) is 4.79 Å². The Balaban J connectivity index is 1.79. The van der Waals surface area contributed by atoms with Crippen LogP contribution in [0.2, 0.25) is 0 Å². The number of para-hydroxylation sites is 1. The third-order valence-electron chi connectivity index (χ3n) is 5.64. The van der Waals surface area contributed by atoms with E-state index in [1.165, 1.54) is 0 Å². The molecule has 152 valence electrons. The van der Waals surface area contributed by atoms with E-state index in [1.807, 2.05) is 48.5 Å². The van der Waals surface area contributed by atoms with Gasteiger partial charge in [0, 0.05) is 27.5 Å². The van der Waals surface area contributed by atoms with E-state index >= 15 is 0 Å². The third kappa shape index (κ3) is 3.79. The van der Waals surface area contributed by atoms with Gasteiger partial charge in [-0.3, -0.25) is 4.79 Å². The highest BCUT2D eigenvalue weighted by molar-refractivity contribution is 9.10. The number of aromatic nitrogens is 1. The first-order valence-corrected chi connectivity index (χ1v) is 11.1. The van der Waals surface area contributed by atoms with E-state index in [2.05, 4.69) is 63.3 Å². The standard InChI is InChI=1S/C27H21BrN2O/c1-18(31)15-27-23-16-20-9-5-6-10-24(20)29-25(23)17-26(19-7-3-2-4-8-19)30(27)22-13-11-21(28)12-14-22/h2-14,16-17,27H,15H2,1H3. The lowest BCUT2D eigenvalue weighted by Gasteiger charge is -2.39. The number of carbonyl (C=O) groups excluding carboxylic acids is 1. The Hall–Kier alpha value is -3.24. The Labute approximate surface area is 190 Å². The maximum Gasteiger partial charge on any atom is 0.132 e. The summed E-state index contributed by atoms with van der Waals surface area (Å²) in [6, 6.07) is 28.8. The van der Waals surface area contributed by atoms with Crippen molar-refractivity contribution in [1.29, 1.82) is 0 Å². The SMILES string of the molecule is CC(=O)CC1c2cc3ccccc3nc2C=C(c2ccccc2)N1c1ccc(Br)cc1. The van der Waals surface area contributed by atoms with Crippen LogP contribution in [0.15, 0.2) is 89.4 Å². The number of fused-ring (bicyclic) bond motifs is 2. The molecule has 1 unspecified atom stereocenters. The molecule has 2 heterocycles. The molecule has 1 aromatic heterocycles. The topological polar surface area (TPSA) is 33.2 Å². The second-order valence-electron chi connectivity index (χ2n) is 7.82. The van der Waals surface area contributed by atoms with Gasteiger partial charge >= 0.3 is 0 Å². The van der Waals surface area contributed by atoms with Crippen molar-refractivity contribution >= 4 is 50.1 Å².